The lowest BCUT2D eigenvalue weighted by Gasteiger charge is -2.19. The summed E-state index contributed by atoms with van der Waals surface area (Å²) in [5, 5.41) is 0. The van der Waals surface area contributed by atoms with E-state index >= 15 is 0 Å². The molecule has 0 amide bonds. The minimum Gasteiger partial charge on any atom is -0.472 e. The highest BCUT2D eigenvalue weighted by Gasteiger charge is 2.11. The van der Waals surface area contributed by atoms with Crippen LogP contribution in [0.2, 0.25) is 0 Å². The lowest BCUT2D eigenvalue weighted by Crippen LogP contribution is -2.23. The molecule has 1 rings (SSSR count). The molecule has 0 atom stereocenters. The van der Waals surface area contributed by atoms with Crippen molar-refractivity contribution in [2.24, 2.45) is 0 Å². The van der Waals surface area contributed by atoms with Gasteiger partial charge in [0.05, 0.1) is 0 Å². The molecule has 0 bridgehead atoms. The zero-order chi connectivity index (χ0) is 9.19. The highest BCUT2D eigenvalue weighted by Crippen LogP contribution is 2.17. The van der Waals surface area contributed by atoms with Crippen molar-refractivity contribution >= 4 is 15.9 Å². The molecule has 2 nitrogen and oxygen atoms in total. The zero-order valence-corrected chi connectivity index (χ0v) is 9.05. The van der Waals surface area contributed by atoms with Gasteiger partial charge in [0.1, 0.15) is 5.60 Å². The first-order valence-corrected chi connectivity index (χ1v) is 4.57. The fourth-order valence-electron chi connectivity index (χ4n) is 0.736. The Labute approximate surface area is 81.1 Å². The van der Waals surface area contributed by atoms with Crippen LogP contribution in [0, 0.1) is 0 Å². The predicted molar refractivity (Wildman–Crippen MR) is 52.3 cm³/mol. The van der Waals surface area contributed by atoms with Crippen molar-refractivity contribution in [1.29, 1.82) is 0 Å². The first kappa shape index (κ1) is 9.52. The van der Waals surface area contributed by atoms with Gasteiger partial charge in [-0.1, -0.05) is 0 Å². The second-order valence-corrected chi connectivity index (χ2v) is 4.44. The standard InChI is InChI=1S/C9H12BrNO/c1-9(2,3)12-8-5-4-7(10)6-11-8/h4-6H,1-3H3. The zero-order valence-electron chi connectivity index (χ0n) is 7.47. The SMILES string of the molecule is CC(C)(C)Oc1ccc(Br)cn1. The van der Waals surface area contributed by atoms with Crippen molar-refractivity contribution in [2.75, 3.05) is 0 Å². The maximum absolute atomic E-state index is 5.52. The van der Waals surface area contributed by atoms with E-state index in [1.165, 1.54) is 0 Å². The Morgan fingerprint density at radius 3 is 2.42 bits per heavy atom. The van der Waals surface area contributed by atoms with Crippen LogP contribution in [0.25, 0.3) is 0 Å². The Balaban J connectivity index is 2.71. The fraction of sp³-hybridized carbons (Fsp3) is 0.444. The number of hydrogen-bond donors (Lipinski definition) is 0. The molecule has 0 saturated carbocycles. The summed E-state index contributed by atoms with van der Waals surface area (Å²) in [6.45, 7) is 5.99. The Morgan fingerprint density at radius 2 is 2.00 bits per heavy atom. The van der Waals surface area contributed by atoms with Gasteiger partial charge >= 0.3 is 0 Å². The first-order valence-electron chi connectivity index (χ1n) is 3.78. The van der Waals surface area contributed by atoms with Crippen LogP contribution in [0.1, 0.15) is 20.8 Å². The van der Waals surface area contributed by atoms with Crippen molar-refractivity contribution in [3.05, 3.63) is 22.8 Å². The molecule has 12 heavy (non-hydrogen) atoms. The molecule has 1 aromatic rings. The average Bonchev–Trinajstić information content (AvgIpc) is 1.91. The third-order valence-electron chi connectivity index (χ3n) is 1.11. The lowest BCUT2D eigenvalue weighted by molar-refractivity contribution is 0.124. The van der Waals surface area contributed by atoms with E-state index in [2.05, 4.69) is 20.9 Å². The van der Waals surface area contributed by atoms with E-state index in [1.54, 1.807) is 6.20 Å². The van der Waals surface area contributed by atoms with Gasteiger partial charge in [-0.25, -0.2) is 4.98 Å². The maximum atomic E-state index is 5.52. The quantitative estimate of drug-likeness (QED) is 0.739. The largest absolute Gasteiger partial charge is 0.472 e. The third-order valence-corrected chi connectivity index (χ3v) is 1.58. The third kappa shape index (κ3) is 3.22. The van der Waals surface area contributed by atoms with Crippen LogP contribution < -0.4 is 4.74 Å². The molecule has 0 spiro atoms. The van der Waals surface area contributed by atoms with Gasteiger partial charge < -0.3 is 4.74 Å². The van der Waals surface area contributed by atoms with Gasteiger partial charge in [-0.2, -0.15) is 0 Å². The molecule has 66 valence electrons. The number of halogens is 1. The molecule has 0 fully saturated rings. The predicted octanol–water partition coefficient (Wildman–Crippen LogP) is 3.02. The van der Waals surface area contributed by atoms with Crippen LogP contribution in [0.4, 0.5) is 0 Å². The van der Waals surface area contributed by atoms with E-state index < -0.39 is 0 Å². The van der Waals surface area contributed by atoms with E-state index in [9.17, 15) is 0 Å². The summed E-state index contributed by atoms with van der Waals surface area (Å²) in [5.74, 6) is 0.658. The summed E-state index contributed by atoms with van der Waals surface area (Å²) >= 11 is 3.31. The van der Waals surface area contributed by atoms with Crippen molar-refractivity contribution < 1.29 is 4.74 Å². The molecule has 0 aliphatic carbocycles. The van der Waals surface area contributed by atoms with Crippen LogP contribution in [-0.4, -0.2) is 10.6 Å². The second kappa shape index (κ2) is 3.44. The van der Waals surface area contributed by atoms with Crippen molar-refractivity contribution in [3.63, 3.8) is 0 Å². The Kier molecular flexibility index (Phi) is 2.73. The van der Waals surface area contributed by atoms with Gasteiger partial charge in [-0.15, -0.1) is 0 Å². The van der Waals surface area contributed by atoms with Crippen LogP contribution >= 0.6 is 15.9 Å². The van der Waals surface area contributed by atoms with Gasteiger partial charge in [-0.3, -0.25) is 0 Å². The summed E-state index contributed by atoms with van der Waals surface area (Å²) in [6.07, 6.45) is 1.72. The monoisotopic (exact) mass is 229 g/mol. The minimum atomic E-state index is -0.180. The molecule has 0 radical (unpaired) electrons. The lowest BCUT2D eigenvalue weighted by atomic mass is 10.2. The summed E-state index contributed by atoms with van der Waals surface area (Å²) in [6, 6.07) is 3.75. The summed E-state index contributed by atoms with van der Waals surface area (Å²) < 4.78 is 6.49. The van der Waals surface area contributed by atoms with E-state index in [4.69, 9.17) is 4.74 Å². The molecule has 3 heteroatoms. The van der Waals surface area contributed by atoms with Crippen molar-refractivity contribution in [2.45, 2.75) is 26.4 Å². The second-order valence-electron chi connectivity index (χ2n) is 3.53. The molecular formula is C9H12BrNO. The first-order chi connectivity index (χ1) is 5.47. The van der Waals surface area contributed by atoms with Gasteiger partial charge in [0.15, 0.2) is 0 Å². The van der Waals surface area contributed by atoms with Gasteiger partial charge in [0.25, 0.3) is 0 Å². The molecule has 0 unspecified atom stereocenters. The Hall–Kier alpha value is -0.570. The van der Waals surface area contributed by atoms with Crippen molar-refractivity contribution in [3.8, 4) is 5.88 Å². The molecule has 0 saturated heterocycles. The van der Waals surface area contributed by atoms with E-state index in [-0.39, 0.29) is 5.60 Å². The number of hydrogen-bond acceptors (Lipinski definition) is 2. The Bertz CT molecular complexity index is 250. The van der Waals surface area contributed by atoms with Crippen molar-refractivity contribution in [1.82, 2.24) is 4.98 Å². The molecule has 0 aromatic carbocycles. The molecule has 0 N–H and O–H groups in total. The topological polar surface area (TPSA) is 22.1 Å². The molecular weight excluding hydrogens is 218 g/mol. The van der Waals surface area contributed by atoms with E-state index in [0.29, 0.717) is 5.88 Å². The highest BCUT2D eigenvalue weighted by molar-refractivity contribution is 9.10. The number of rotatable bonds is 1. The molecule has 1 aromatic heterocycles. The van der Waals surface area contributed by atoms with Crippen LogP contribution in [0.15, 0.2) is 22.8 Å². The van der Waals surface area contributed by atoms with E-state index in [0.717, 1.165) is 4.47 Å². The average molecular weight is 230 g/mol. The summed E-state index contributed by atoms with van der Waals surface area (Å²) in [7, 11) is 0. The van der Waals surface area contributed by atoms with Crippen LogP contribution in [0.5, 0.6) is 5.88 Å². The summed E-state index contributed by atoms with van der Waals surface area (Å²) in [4.78, 5) is 4.09. The maximum Gasteiger partial charge on any atom is 0.213 e. The normalized spacial score (nSPS) is 11.3. The molecule has 0 aliphatic rings. The van der Waals surface area contributed by atoms with Gasteiger partial charge in [-0.05, 0) is 42.8 Å². The summed E-state index contributed by atoms with van der Waals surface area (Å²) in [5.41, 5.74) is -0.180. The fourth-order valence-corrected chi connectivity index (χ4v) is 0.971. The van der Waals surface area contributed by atoms with Crippen LogP contribution in [-0.2, 0) is 0 Å². The van der Waals surface area contributed by atoms with Gasteiger partial charge in [0.2, 0.25) is 5.88 Å². The highest BCUT2D eigenvalue weighted by atomic mass is 79.9. The van der Waals surface area contributed by atoms with E-state index in [1.807, 2.05) is 32.9 Å². The Morgan fingerprint density at radius 1 is 1.33 bits per heavy atom. The van der Waals surface area contributed by atoms with Crippen LogP contribution in [0.3, 0.4) is 0 Å². The number of ether oxygens (including phenoxy) is 1. The minimum absolute atomic E-state index is 0.180. The molecule has 1 heterocycles. The smallest absolute Gasteiger partial charge is 0.213 e. The number of aromatic nitrogens is 1. The number of nitrogens with zero attached hydrogens (tertiary/aromatic N) is 1. The molecule has 0 aliphatic heterocycles. The van der Waals surface area contributed by atoms with Gasteiger partial charge in [0, 0.05) is 16.7 Å². The number of pyridine rings is 1.